The lowest BCUT2D eigenvalue weighted by Crippen LogP contribution is -3.00. The maximum Gasteiger partial charge on any atom is 0.341 e. The molecule has 4 nitrogen and oxygen atoms in total. The molecule has 0 aliphatic rings. The molecule has 1 aromatic rings. The van der Waals surface area contributed by atoms with E-state index < -0.39 is 0 Å². The molecule has 0 spiro atoms. The van der Waals surface area contributed by atoms with Crippen molar-refractivity contribution < 1.29 is 17.5 Å². The number of hydrogen-bond acceptors (Lipinski definition) is 3. The molecule has 0 atom stereocenters. The summed E-state index contributed by atoms with van der Waals surface area (Å²) in [6.07, 6.45) is 0. The van der Waals surface area contributed by atoms with Crippen molar-refractivity contribution in [2.45, 2.75) is 6.92 Å². The summed E-state index contributed by atoms with van der Waals surface area (Å²) >= 11 is 5.30. The van der Waals surface area contributed by atoms with Crippen LogP contribution >= 0.6 is 11.6 Å². The fraction of sp³-hybridized carbons (Fsp3) is 0.333. The largest absolute Gasteiger partial charge is 1.00 e. The van der Waals surface area contributed by atoms with E-state index in [-0.39, 0.29) is 17.7 Å². The van der Waals surface area contributed by atoms with Gasteiger partial charge in [-0.1, -0.05) is 0 Å². The molecule has 50 valence electrons. The van der Waals surface area contributed by atoms with Crippen molar-refractivity contribution in [3.05, 3.63) is 11.1 Å². The van der Waals surface area contributed by atoms with Crippen LogP contribution in [0, 0.1) is 6.92 Å². The van der Waals surface area contributed by atoms with Gasteiger partial charge in [0.2, 0.25) is 0 Å². The molecule has 0 amide bonds. The highest BCUT2D eigenvalue weighted by molar-refractivity contribution is 6.28. The zero-order valence-corrected chi connectivity index (χ0v) is 6.11. The van der Waals surface area contributed by atoms with Crippen LogP contribution in [-0.4, -0.2) is 15.3 Å². The van der Waals surface area contributed by atoms with Crippen LogP contribution in [0.25, 0.3) is 0 Å². The van der Waals surface area contributed by atoms with Gasteiger partial charge in [-0.05, 0) is 16.7 Å². The Kier molecular flexibility index (Phi) is 3.34. The summed E-state index contributed by atoms with van der Waals surface area (Å²) in [6, 6.07) is 0. The quantitative estimate of drug-likeness (QED) is 0.405. The van der Waals surface area contributed by atoms with E-state index in [1.54, 1.807) is 6.92 Å². The summed E-state index contributed by atoms with van der Waals surface area (Å²) in [4.78, 5) is 0. The van der Waals surface area contributed by atoms with Crippen LogP contribution in [0.4, 0.5) is 0 Å². The molecule has 1 heterocycles. The Morgan fingerprint density at radius 2 is 2.11 bits per heavy atom. The molecule has 0 aliphatic carbocycles. The van der Waals surface area contributed by atoms with Gasteiger partial charge in [0.25, 0.3) is 0 Å². The molecule has 0 bridgehead atoms. The molecule has 0 unspecified atom stereocenters. The minimum atomic E-state index is 0. The summed E-state index contributed by atoms with van der Waals surface area (Å²) in [7, 11) is 0. The van der Waals surface area contributed by atoms with Gasteiger partial charge in [0.1, 0.15) is 0 Å². The number of nitrogens with zero attached hydrogens (tertiary/aromatic N) is 3. The molecule has 0 saturated carbocycles. The number of halogens is 2. The summed E-state index contributed by atoms with van der Waals surface area (Å²) in [6.45, 7) is 1.75. The third-order valence-corrected chi connectivity index (χ3v) is 0.753. The van der Waals surface area contributed by atoms with E-state index in [1.807, 2.05) is 0 Å². The average molecular weight is 167 g/mol. The Morgan fingerprint density at radius 1 is 1.44 bits per heavy atom. The molecular weight excluding hydrogens is 163 g/mol. The summed E-state index contributed by atoms with van der Waals surface area (Å²) in [5.41, 5.74) is 0. The van der Waals surface area contributed by atoms with Gasteiger partial charge in [0.05, 0.1) is 5.10 Å². The highest BCUT2D eigenvalue weighted by Crippen LogP contribution is 1.87. The van der Waals surface area contributed by atoms with Gasteiger partial charge in [-0.2, -0.15) is 0 Å². The molecule has 9 heavy (non-hydrogen) atoms. The number of hydrogen-bond donors (Lipinski definition) is 0. The van der Waals surface area contributed by atoms with Crippen LogP contribution < -0.4 is 17.5 Å². The molecule has 0 fully saturated rings. The van der Waals surface area contributed by atoms with Gasteiger partial charge in [-0.3, -0.25) is 0 Å². The predicted molar refractivity (Wildman–Crippen MR) is 26.1 cm³/mol. The molecule has 0 saturated heterocycles. The van der Waals surface area contributed by atoms with Crippen molar-refractivity contribution >= 4 is 11.6 Å². The monoisotopic (exact) mass is 166 g/mol. The van der Waals surface area contributed by atoms with Crippen molar-refractivity contribution in [3.8, 4) is 0 Å². The zero-order chi connectivity index (χ0) is 5.98. The fourth-order valence-electron chi connectivity index (χ4n) is 0.288. The van der Waals surface area contributed by atoms with Crippen LogP contribution in [0.15, 0.2) is 0 Å². The number of aromatic nitrogens is 4. The summed E-state index contributed by atoms with van der Waals surface area (Å²) in [5, 5.41) is 13.3. The van der Waals surface area contributed by atoms with E-state index in [0.29, 0.717) is 5.82 Å². The van der Waals surface area contributed by atoms with E-state index in [4.69, 9.17) is 11.6 Å². The van der Waals surface area contributed by atoms with Crippen molar-refractivity contribution in [3.63, 3.8) is 0 Å². The normalized spacial score (nSPS) is 8.22. The summed E-state index contributed by atoms with van der Waals surface area (Å²) in [5.74, 6) is 0.648. The highest BCUT2D eigenvalue weighted by Gasteiger charge is 1.97. The Hall–Kier alpha value is -0.480. The van der Waals surface area contributed by atoms with E-state index >= 15 is 0 Å². The second-order valence-electron chi connectivity index (χ2n) is 1.28. The van der Waals surface area contributed by atoms with Gasteiger partial charge in [0, 0.05) is 12.0 Å². The van der Waals surface area contributed by atoms with E-state index in [9.17, 15) is 0 Å². The second-order valence-corrected chi connectivity index (χ2v) is 1.62. The minimum absolute atomic E-state index is 0. The van der Waals surface area contributed by atoms with E-state index in [2.05, 4.69) is 20.4 Å². The average Bonchev–Trinajstić information content (AvgIpc) is 1.77. The topological polar surface area (TPSA) is 52.8 Å². The number of aromatic amines is 1. The van der Waals surface area contributed by atoms with Crippen LogP contribution in [0.3, 0.4) is 0 Å². The highest BCUT2D eigenvalue weighted by atomic mass is 35.5. The van der Waals surface area contributed by atoms with Crippen molar-refractivity contribution in [1.29, 1.82) is 0 Å². The van der Waals surface area contributed by atoms with E-state index in [1.165, 1.54) is 0 Å². The first kappa shape index (κ1) is 8.52. The molecule has 0 aromatic carbocycles. The van der Waals surface area contributed by atoms with Gasteiger partial charge < -0.3 is 12.4 Å². The Bertz CT molecular complexity index is 153. The van der Waals surface area contributed by atoms with Crippen LogP contribution in [-0.2, 0) is 0 Å². The van der Waals surface area contributed by atoms with Crippen molar-refractivity contribution in [2.75, 3.05) is 0 Å². The van der Waals surface area contributed by atoms with Crippen molar-refractivity contribution in [2.24, 2.45) is 0 Å². The second kappa shape index (κ2) is 3.53. The molecule has 0 aliphatic heterocycles. The Balaban J connectivity index is 0.000000640. The smallest absolute Gasteiger partial charge is 0.341 e. The number of H-pyrrole nitrogens is 1. The maximum absolute atomic E-state index is 5.30. The van der Waals surface area contributed by atoms with Crippen molar-refractivity contribution in [1.82, 2.24) is 15.3 Å². The van der Waals surface area contributed by atoms with E-state index in [0.717, 1.165) is 0 Å². The lowest BCUT2D eigenvalue weighted by molar-refractivity contribution is -0.469. The van der Waals surface area contributed by atoms with Crippen LogP contribution in [0.1, 0.15) is 5.82 Å². The first-order valence-electron chi connectivity index (χ1n) is 2.03. The van der Waals surface area contributed by atoms with Gasteiger partial charge >= 0.3 is 11.1 Å². The minimum Gasteiger partial charge on any atom is -1.00 e. The first-order valence-corrected chi connectivity index (χ1v) is 2.41. The Morgan fingerprint density at radius 3 is 2.44 bits per heavy atom. The standard InChI is InChI=1S/C3H3ClN4.ClH/c1-2-5-7-3(4)8-6-2;/h1H3;1H. The maximum atomic E-state index is 5.30. The zero-order valence-electron chi connectivity index (χ0n) is 4.60. The lowest BCUT2D eigenvalue weighted by atomic mass is 10.8. The van der Waals surface area contributed by atoms with Crippen LogP contribution in [0.2, 0.25) is 5.28 Å². The summed E-state index contributed by atoms with van der Waals surface area (Å²) < 4.78 is 0. The number of aryl methyl sites for hydroxylation is 1. The third-order valence-electron chi connectivity index (χ3n) is 0.592. The first-order chi connectivity index (χ1) is 3.79. The van der Waals surface area contributed by atoms with Gasteiger partial charge in [-0.25, -0.2) is 0 Å². The van der Waals surface area contributed by atoms with Crippen LogP contribution in [0.5, 0.6) is 0 Å². The molecular formula is C3H4Cl2N4. The lowest BCUT2D eigenvalue weighted by Gasteiger charge is -1.74. The molecule has 1 N–H and O–H groups in total. The molecule has 1 rings (SSSR count). The Labute approximate surface area is 63.1 Å². The van der Waals surface area contributed by atoms with Gasteiger partial charge in [-0.15, -0.1) is 5.10 Å². The SMILES string of the molecule is Cc1nnc(Cl)n[nH+]1.[Cl-]. The number of nitrogens with one attached hydrogen (secondary N) is 1. The fourth-order valence-corrected chi connectivity index (χ4v) is 0.368. The molecule has 6 heteroatoms. The molecule has 0 radical (unpaired) electrons. The number of rotatable bonds is 0. The van der Waals surface area contributed by atoms with Gasteiger partial charge in [0.15, 0.2) is 0 Å². The third kappa shape index (κ3) is 2.53. The molecule has 1 aromatic heterocycles. The predicted octanol–water partition coefficient (Wildman–Crippen LogP) is -3.35.